The zero-order valence-electron chi connectivity index (χ0n) is 7.18. The maximum Gasteiger partial charge on any atom is 0.146 e. The van der Waals surface area contributed by atoms with E-state index in [4.69, 9.17) is 5.73 Å². The lowest BCUT2D eigenvalue weighted by atomic mass is 10.2. The molecule has 1 aliphatic rings. The van der Waals surface area contributed by atoms with Crippen LogP contribution in [0.5, 0.6) is 0 Å². The highest BCUT2D eigenvalue weighted by Gasteiger charge is 2.17. The summed E-state index contributed by atoms with van der Waals surface area (Å²) in [6, 6.07) is 4.58. The molecule has 2 rings (SSSR count). The fourth-order valence-corrected chi connectivity index (χ4v) is 1.03. The summed E-state index contributed by atoms with van der Waals surface area (Å²) in [5.41, 5.74) is 6.37. The Labute approximate surface area is 76.8 Å². The van der Waals surface area contributed by atoms with Crippen LogP contribution in [0.1, 0.15) is 18.4 Å². The van der Waals surface area contributed by atoms with E-state index >= 15 is 0 Å². The topological polar surface area (TPSA) is 26.0 Å². The van der Waals surface area contributed by atoms with E-state index < -0.39 is 0 Å². The summed E-state index contributed by atoms with van der Waals surface area (Å²) in [7, 11) is 0. The lowest BCUT2D eigenvalue weighted by Crippen LogP contribution is -1.90. The molecule has 0 aliphatic heterocycles. The highest BCUT2D eigenvalue weighted by atomic mass is 19.1. The minimum atomic E-state index is -0.378. The van der Waals surface area contributed by atoms with Crippen molar-refractivity contribution in [3.63, 3.8) is 0 Å². The standard InChI is InChI=1S/C11H10FN/c12-10-6-5-9(7-11(10)13)4-3-8-1-2-8/h5-8H,1-2,13H2. The smallest absolute Gasteiger partial charge is 0.146 e. The van der Waals surface area contributed by atoms with E-state index in [1.54, 1.807) is 12.1 Å². The summed E-state index contributed by atoms with van der Waals surface area (Å²) in [6.45, 7) is 0. The zero-order valence-corrected chi connectivity index (χ0v) is 7.18. The van der Waals surface area contributed by atoms with Gasteiger partial charge in [0, 0.05) is 11.5 Å². The van der Waals surface area contributed by atoms with Crippen LogP contribution in [0.25, 0.3) is 0 Å². The summed E-state index contributed by atoms with van der Waals surface area (Å²) in [6.07, 6.45) is 2.40. The zero-order chi connectivity index (χ0) is 9.26. The van der Waals surface area contributed by atoms with Gasteiger partial charge in [-0.15, -0.1) is 0 Å². The highest BCUT2D eigenvalue weighted by molar-refractivity contribution is 5.48. The average Bonchev–Trinajstić information content (AvgIpc) is 2.91. The number of hydrogen-bond acceptors (Lipinski definition) is 1. The Kier molecular flexibility index (Phi) is 1.94. The molecule has 0 unspecified atom stereocenters. The lowest BCUT2D eigenvalue weighted by Gasteiger charge is -1.95. The molecule has 1 aromatic carbocycles. The molecule has 0 bridgehead atoms. The molecule has 2 heteroatoms. The average molecular weight is 175 g/mol. The van der Waals surface area contributed by atoms with Gasteiger partial charge in [-0.2, -0.15) is 0 Å². The summed E-state index contributed by atoms with van der Waals surface area (Å²) in [4.78, 5) is 0. The third kappa shape index (κ3) is 2.00. The van der Waals surface area contributed by atoms with E-state index in [0.717, 1.165) is 5.56 Å². The van der Waals surface area contributed by atoms with Crippen molar-refractivity contribution in [1.29, 1.82) is 0 Å². The largest absolute Gasteiger partial charge is 0.396 e. The van der Waals surface area contributed by atoms with Crippen molar-refractivity contribution in [3.8, 4) is 11.8 Å². The molecule has 0 spiro atoms. The van der Waals surface area contributed by atoms with Gasteiger partial charge in [0.25, 0.3) is 0 Å². The SMILES string of the molecule is Nc1cc(C#CC2CC2)ccc1F. The quantitative estimate of drug-likeness (QED) is 0.474. The van der Waals surface area contributed by atoms with E-state index in [1.165, 1.54) is 18.9 Å². The molecular weight excluding hydrogens is 165 g/mol. The number of nitrogen functional groups attached to an aromatic ring is 1. The van der Waals surface area contributed by atoms with Crippen LogP contribution in [0.2, 0.25) is 0 Å². The van der Waals surface area contributed by atoms with E-state index in [9.17, 15) is 4.39 Å². The maximum atomic E-state index is 12.7. The third-order valence-corrected chi connectivity index (χ3v) is 1.99. The Morgan fingerprint density at radius 1 is 1.38 bits per heavy atom. The Balaban J connectivity index is 2.22. The molecule has 0 heterocycles. The van der Waals surface area contributed by atoms with Gasteiger partial charge in [-0.25, -0.2) is 4.39 Å². The molecule has 0 saturated heterocycles. The molecule has 0 aromatic heterocycles. The van der Waals surface area contributed by atoms with Crippen molar-refractivity contribution in [1.82, 2.24) is 0 Å². The van der Waals surface area contributed by atoms with Gasteiger partial charge in [-0.05, 0) is 31.0 Å². The van der Waals surface area contributed by atoms with Crippen LogP contribution in [0, 0.1) is 23.6 Å². The monoisotopic (exact) mass is 175 g/mol. The predicted octanol–water partition coefficient (Wildman–Crippen LogP) is 2.17. The Hall–Kier alpha value is -1.49. The summed E-state index contributed by atoms with van der Waals surface area (Å²) >= 11 is 0. The number of nitrogens with two attached hydrogens (primary N) is 1. The number of benzene rings is 1. The Bertz CT molecular complexity index is 383. The van der Waals surface area contributed by atoms with E-state index in [0.29, 0.717) is 5.92 Å². The number of rotatable bonds is 0. The van der Waals surface area contributed by atoms with Gasteiger partial charge in [-0.3, -0.25) is 0 Å². The normalized spacial score (nSPS) is 14.8. The van der Waals surface area contributed by atoms with Gasteiger partial charge in [0.05, 0.1) is 5.69 Å². The second-order valence-corrected chi connectivity index (χ2v) is 3.28. The second-order valence-electron chi connectivity index (χ2n) is 3.28. The molecule has 1 saturated carbocycles. The molecule has 0 atom stereocenters. The predicted molar refractivity (Wildman–Crippen MR) is 50.4 cm³/mol. The summed E-state index contributed by atoms with van der Waals surface area (Å²) in [5.74, 6) is 6.25. The van der Waals surface area contributed by atoms with Crippen LogP contribution in [-0.2, 0) is 0 Å². The van der Waals surface area contributed by atoms with Crippen LogP contribution in [0.15, 0.2) is 18.2 Å². The Morgan fingerprint density at radius 2 is 2.15 bits per heavy atom. The number of hydrogen-bond donors (Lipinski definition) is 1. The van der Waals surface area contributed by atoms with Crippen LogP contribution in [0.4, 0.5) is 10.1 Å². The van der Waals surface area contributed by atoms with Crippen molar-refractivity contribution in [3.05, 3.63) is 29.6 Å². The molecule has 0 radical (unpaired) electrons. The van der Waals surface area contributed by atoms with Crippen LogP contribution < -0.4 is 5.73 Å². The minimum absolute atomic E-state index is 0.169. The first-order valence-corrected chi connectivity index (χ1v) is 4.32. The van der Waals surface area contributed by atoms with Crippen LogP contribution in [-0.4, -0.2) is 0 Å². The molecule has 1 aliphatic carbocycles. The minimum Gasteiger partial charge on any atom is -0.396 e. The molecular formula is C11H10FN. The molecule has 1 nitrogen and oxygen atoms in total. The fraction of sp³-hybridized carbons (Fsp3) is 0.273. The van der Waals surface area contributed by atoms with Crippen LogP contribution in [0.3, 0.4) is 0 Å². The molecule has 1 fully saturated rings. The highest BCUT2D eigenvalue weighted by Crippen LogP contribution is 2.27. The van der Waals surface area contributed by atoms with Crippen molar-refractivity contribution >= 4 is 5.69 Å². The van der Waals surface area contributed by atoms with Crippen LogP contribution >= 0.6 is 0 Å². The maximum absolute atomic E-state index is 12.7. The van der Waals surface area contributed by atoms with Crippen molar-refractivity contribution in [2.45, 2.75) is 12.8 Å². The molecule has 2 N–H and O–H groups in total. The van der Waals surface area contributed by atoms with Crippen molar-refractivity contribution in [2.24, 2.45) is 5.92 Å². The molecule has 0 amide bonds. The van der Waals surface area contributed by atoms with Gasteiger partial charge in [0.15, 0.2) is 0 Å². The fourth-order valence-electron chi connectivity index (χ4n) is 1.03. The van der Waals surface area contributed by atoms with Crippen molar-refractivity contribution in [2.75, 3.05) is 5.73 Å². The first-order valence-electron chi connectivity index (χ1n) is 4.32. The summed E-state index contributed by atoms with van der Waals surface area (Å²) < 4.78 is 12.7. The molecule has 1 aromatic rings. The Morgan fingerprint density at radius 3 is 2.77 bits per heavy atom. The van der Waals surface area contributed by atoms with E-state index in [2.05, 4.69) is 11.8 Å². The van der Waals surface area contributed by atoms with E-state index in [-0.39, 0.29) is 11.5 Å². The second kappa shape index (κ2) is 3.10. The van der Waals surface area contributed by atoms with Gasteiger partial charge in [0.1, 0.15) is 5.82 Å². The van der Waals surface area contributed by atoms with Gasteiger partial charge in [0.2, 0.25) is 0 Å². The van der Waals surface area contributed by atoms with Gasteiger partial charge >= 0.3 is 0 Å². The lowest BCUT2D eigenvalue weighted by molar-refractivity contribution is 0.632. The number of anilines is 1. The third-order valence-electron chi connectivity index (χ3n) is 1.99. The van der Waals surface area contributed by atoms with Crippen molar-refractivity contribution < 1.29 is 4.39 Å². The molecule has 66 valence electrons. The van der Waals surface area contributed by atoms with Gasteiger partial charge < -0.3 is 5.73 Å². The van der Waals surface area contributed by atoms with E-state index in [1.807, 2.05) is 0 Å². The summed E-state index contributed by atoms with van der Waals surface area (Å²) in [5, 5.41) is 0. The first-order chi connectivity index (χ1) is 6.25. The van der Waals surface area contributed by atoms with Gasteiger partial charge in [-0.1, -0.05) is 11.8 Å². The first kappa shape index (κ1) is 8.12. The molecule has 13 heavy (non-hydrogen) atoms. The number of halogens is 1.